The van der Waals surface area contributed by atoms with Gasteiger partial charge in [-0.25, -0.2) is 4.98 Å². The molecule has 198 valence electrons. The molecule has 0 unspecified atom stereocenters. The number of fused-ring (bicyclic) bond motifs is 2. The number of amides is 1. The second-order valence-electron chi connectivity index (χ2n) is 10.4. The van der Waals surface area contributed by atoms with Gasteiger partial charge in [0, 0.05) is 62.0 Å². The van der Waals surface area contributed by atoms with E-state index in [4.69, 9.17) is 9.72 Å². The van der Waals surface area contributed by atoms with Crippen LogP contribution in [0.15, 0.2) is 71.7 Å². The molecular formula is C32H32N4O3. The van der Waals surface area contributed by atoms with Crippen molar-refractivity contribution in [2.75, 3.05) is 39.8 Å². The minimum Gasteiger partial charge on any atom is -0.492 e. The average Bonchev–Trinajstić information content (AvgIpc) is 3.39. The highest BCUT2D eigenvalue weighted by atomic mass is 16.5. The standard InChI is InChI=1S/C32H32N4O3/c1-34-15-4-16-36(21-31(34)37)17-18-39-25-11-7-22(8-12-25)29-14-10-24-19-23(9-13-30(24)33-29)28-20-35(2)32(38)27-6-3-5-26(27)28/h3,5,7-14,19-20H,4,6,15-18,21H2,1-2H3. The van der Waals surface area contributed by atoms with E-state index < -0.39 is 0 Å². The highest BCUT2D eigenvalue weighted by Crippen LogP contribution is 2.32. The summed E-state index contributed by atoms with van der Waals surface area (Å²) in [5.41, 5.74) is 6.95. The molecule has 2 aliphatic rings. The Hall–Kier alpha value is -4.23. The first-order chi connectivity index (χ1) is 19.0. The summed E-state index contributed by atoms with van der Waals surface area (Å²) >= 11 is 0. The zero-order chi connectivity index (χ0) is 26.9. The zero-order valence-electron chi connectivity index (χ0n) is 22.4. The number of carbonyl (C=O) groups excluding carboxylic acids is 1. The van der Waals surface area contributed by atoms with Gasteiger partial charge in [0.25, 0.3) is 5.56 Å². The number of benzene rings is 2. The van der Waals surface area contributed by atoms with Crippen molar-refractivity contribution in [1.82, 2.24) is 19.4 Å². The Kier molecular flexibility index (Phi) is 6.75. The van der Waals surface area contributed by atoms with Crippen LogP contribution < -0.4 is 10.3 Å². The zero-order valence-corrected chi connectivity index (χ0v) is 22.4. The minimum absolute atomic E-state index is 0.0733. The van der Waals surface area contributed by atoms with E-state index in [1.54, 1.807) is 9.47 Å². The topological polar surface area (TPSA) is 67.7 Å². The average molecular weight is 521 g/mol. The quantitative estimate of drug-likeness (QED) is 0.378. The predicted molar refractivity (Wildman–Crippen MR) is 155 cm³/mol. The first kappa shape index (κ1) is 25.1. The Bertz CT molecular complexity index is 1640. The third-order valence-electron chi connectivity index (χ3n) is 7.70. The van der Waals surface area contributed by atoms with E-state index in [-0.39, 0.29) is 11.5 Å². The molecule has 1 fully saturated rings. The van der Waals surface area contributed by atoms with Gasteiger partial charge in [-0.1, -0.05) is 24.3 Å². The lowest BCUT2D eigenvalue weighted by atomic mass is 9.98. The summed E-state index contributed by atoms with van der Waals surface area (Å²) < 4.78 is 7.64. The Labute approximate surface area is 228 Å². The van der Waals surface area contributed by atoms with Gasteiger partial charge < -0.3 is 14.2 Å². The summed E-state index contributed by atoms with van der Waals surface area (Å²) in [5.74, 6) is 0.977. The second-order valence-corrected chi connectivity index (χ2v) is 10.4. The first-order valence-electron chi connectivity index (χ1n) is 13.5. The van der Waals surface area contributed by atoms with Crippen LogP contribution in [0.3, 0.4) is 0 Å². The fourth-order valence-corrected chi connectivity index (χ4v) is 5.43. The number of likely N-dealkylation sites (N-methyl/N-ethyl adjacent to an activating group) is 1. The van der Waals surface area contributed by atoms with E-state index in [1.165, 1.54) is 0 Å². The van der Waals surface area contributed by atoms with Crippen LogP contribution in [0.4, 0.5) is 0 Å². The van der Waals surface area contributed by atoms with Gasteiger partial charge in [-0.05, 0) is 66.4 Å². The van der Waals surface area contributed by atoms with E-state index in [9.17, 15) is 9.59 Å². The Morgan fingerprint density at radius 1 is 0.949 bits per heavy atom. The van der Waals surface area contributed by atoms with Crippen LogP contribution in [-0.2, 0) is 18.3 Å². The number of allylic oxidation sites excluding steroid dienone is 1. The lowest BCUT2D eigenvalue weighted by Crippen LogP contribution is -2.36. The molecular weight excluding hydrogens is 488 g/mol. The van der Waals surface area contributed by atoms with Crippen LogP contribution in [0.1, 0.15) is 17.5 Å². The molecule has 7 heteroatoms. The maximum absolute atomic E-state index is 12.5. The molecule has 1 saturated heterocycles. The molecule has 1 amide bonds. The molecule has 6 rings (SSSR count). The number of ether oxygens (including phenoxy) is 1. The number of nitrogens with zero attached hydrogens (tertiary/aromatic N) is 4. The third kappa shape index (κ3) is 5.10. The Balaban J connectivity index is 1.15. The molecule has 0 saturated carbocycles. The molecule has 2 aromatic heterocycles. The molecule has 1 aliphatic carbocycles. The molecule has 4 aromatic rings. The van der Waals surface area contributed by atoms with E-state index >= 15 is 0 Å². The fourth-order valence-electron chi connectivity index (χ4n) is 5.43. The lowest BCUT2D eigenvalue weighted by molar-refractivity contribution is -0.129. The smallest absolute Gasteiger partial charge is 0.254 e. The number of aryl methyl sites for hydroxylation is 1. The minimum atomic E-state index is 0.0733. The molecule has 0 bridgehead atoms. The highest BCUT2D eigenvalue weighted by Gasteiger charge is 2.19. The Morgan fingerprint density at radius 3 is 2.62 bits per heavy atom. The van der Waals surface area contributed by atoms with Crippen molar-refractivity contribution in [1.29, 1.82) is 0 Å². The maximum Gasteiger partial charge on any atom is 0.254 e. The highest BCUT2D eigenvalue weighted by molar-refractivity contribution is 5.89. The van der Waals surface area contributed by atoms with Crippen molar-refractivity contribution in [3.63, 3.8) is 0 Å². The van der Waals surface area contributed by atoms with Gasteiger partial charge in [-0.15, -0.1) is 0 Å². The predicted octanol–water partition coefficient (Wildman–Crippen LogP) is 4.38. The largest absolute Gasteiger partial charge is 0.492 e. The SMILES string of the molecule is CN1CCCN(CCOc2ccc(-c3ccc4cc(-c5cn(C)c(=O)c6c5C=CC6)ccc4n3)cc2)CC1=O. The summed E-state index contributed by atoms with van der Waals surface area (Å²) in [6.45, 7) is 3.46. The summed E-state index contributed by atoms with van der Waals surface area (Å²) in [6, 6.07) is 18.4. The first-order valence-corrected chi connectivity index (χ1v) is 13.5. The van der Waals surface area contributed by atoms with Crippen molar-refractivity contribution < 1.29 is 9.53 Å². The second kappa shape index (κ2) is 10.5. The van der Waals surface area contributed by atoms with E-state index in [1.807, 2.05) is 56.7 Å². The summed E-state index contributed by atoms with van der Waals surface area (Å²) in [7, 11) is 3.68. The van der Waals surface area contributed by atoms with Gasteiger partial charge in [-0.2, -0.15) is 0 Å². The van der Waals surface area contributed by atoms with Gasteiger partial charge in [0.2, 0.25) is 5.91 Å². The number of aromatic nitrogens is 2. The van der Waals surface area contributed by atoms with E-state index in [0.717, 1.165) is 76.2 Å². The molecule has 7 nitrogen and oxygen atoms in total. The normalized spacial score (nSPS) is 15.5. The van der Waals surface area contributed by atoms with Crippen molar-refractivity contribution in [3.05, 3.63) is 88.4 Å². The maximum atomic E-state index is 12.5. The van der Waals surface area contributed by atoms with Crippen LogP contribution in [-0.4, -0.2) is 65.1 Å². The van der Waals surface area contributed by atoms with Crippen molar-refractivity contribution in [2.45, 2.75) is 12.8 Å². The molecule has 2 aromatic carbocycles. The van der Waals surface area contributed by atoms with Gasteiger partial charge in [0.15, 0.2) is 0 Å². The molecule has 0 radical (unpaired) electrons. The monoisotopic (exact) mass is 520 g/mol. The van der Waals surface area contributed by atoms with Crippen molar-refractivity contribution in [2.24, 2.45) is 7.05 Å². The van der Waals surface area contributed by atoms with Gasteiger partial charge in [0.05, 0.1) is 17.8 Å². The van der Waals surface area contributed by atoms with Gasteiger partial charge in [-0.3, -0.25) is 14.5 Å². The summed E-state index contributed by atoms with van der Waals surface area (Å²) in [4.78, 5) is 33.4. The van der Waals surface area contributed by atoms with Crippen LogP contribution in [0, 0.1) is 0 Å². The number of rotatable bonds is 6. The molecule has 3 heterocycles. The molecule has 1 aliphatic heterocycles. The van der Waals surface area contributed by atoms with Gasteiger partial charge in [0.1, 0.15) is 12.4 Å². The number of pyridine rings is 2. The molecule has 0 N–H and O–H groups in total. The number of hydrogen-bond donors (Lipinski definition) is 0. The third-order valence-corrected chi connectivity index (χ3v) is 7.70. The number of hydrogen-bond acceptors (Lipinski definition) is 5. The van der Waals surface area contributed by atoms with Crippen LogP contribution in [0.2, 0.25) is 0 Å². The molecule has 0 spiro atoms. The van der Waals surface area contributed by atoms with Crippen LogP contribution >= 0.6 is 0 Å². The van der Waals surface area contributed by atoms with E-state index in [0.29, 0.717) is 19.6 Å². The number of carbonyl (C=O) groups is 1. The van der Waals surface area contributed by atoms with Gasteiger partial charge >= 0.3 is 0 Å². The van der Waals surface area contributed by atoms with Crippen LogP contribution in [0.5, 0.6) is 5.75 Å². The molecule has 39 heavy (non-hydrogen) atoms. The summed E-state index contributed by atoms with van der Waals surface area (Å²) in [5, 5.41) is 1.05. The lowest BCUT2D eigenvalue weighted by Gasteiger charge is -2.19. The van der Waals surface area contributed by atoms with Crippen LogP contribution in [0.25, 0.3) is 39.4 Å². The van der Waals surface area contributed by atoms with Crippen molar-refractivity contribution >= 4 is 22.9 Å². The Morgan fingerprint density at radius 2 is 1.77 bits per heavy atom. The van der Waals surface area contributed by atoms with Crippen molar-refractivity contribution in [3.8, 4) is 28.1 Å². The van der Waals surface area contributed by atoms with E-state index in [2.05, 4.69) is 35.3 Å². The summed E-state index contributed by atoms with van der Waals surface area (Å²) in [6.07, 6.45) is 7.71. The molecule has 0 atom stereocenters. The fraction of sp³-hybridized carbons (Fsp3) is 0.281.